The van der Waals surface area contributed by atoms with Crippen molar-refractivity contribution in [2.75, 3.05) is 31.1 Å². The Morgan fingerprint density at radius 1 is 1.00 bits per heavy atom. The molecule has 2 aromatic heterocycles. The first-order chi connectivity index (χ1) is 14.6. The maximum absolute atomic E-state index is 13.3. The van der Waals surface area contributed by atoms with Gasteiger partial charge in [-0.15, -0.1) is 0 Å². The fourth-order valence-electron chi connectivity index (χ4n) is 3.91. The van der Waals surface area contributed by atoms with Crippen LogP contribution in [0.1, 0.15) is 33.7 Å². The number of amides is 1. The number of hydrogen-bond acceptors (Lipinski definition) is 5. The molecule has 150 valence electrons. The summed E-state index contributed by atoms with van der Waals surface area (Å²) in [6.45, 7) is 4.18. The first kappa shape index (κ1) is 19.4. The maximum atomic E-state index is 13.3. The van der Waals surface area contributed by atoms with E-state index in [0.29, 0.717) is 42.4 Å². The molecule has 1 aliphatic heterocycles. The number of benzene rings is 1. The smallest absolute Gasteiger partial charge is 0.258 e. The molecule has 0 radical (unpaired) electrons. The van der Waals surface area contributed by atoms with Gasteiger partial charge in [0.05, 0.1) is 11.3 Å². The Labute approximate surface area is 175 Å². The van der Waals surface area contributed by atoms with Gasteiger partial charge in [-0.05, 0) is 37.6 Å². The van der Waals surface area contributed by atoms with Crippen LogP contribution in [0, 0.1) is 29.6 Å². The van der Waals surface area contributed by atoms with Crippen molar-refractivity contribution in [3.63, 3.8) is 0 Å². The standard InChI is InChI=1S/C23H21N5O2/c1-17-21(19(16-25)23(30-17)28-9-4-5-10-28)22(29)27-12-6-11-26(13-14-27)20-8-3-2-7-18(20)15-24/h2-5,7-10H,6,11-14H2,1H3. The predicted molar refractivity (Wildman–Crippen MR) is 111 cm³/mol. The molecule has 1 aromatic carbocycles. The quantitative estimate of drug-likeness (QED) is 0.673. The Balaban J connectivity index is 1.58. The Hall–Kier alpha value is -3.97. The van der Waals surface area contributed by atoms with E-state index < -0.39 is 0 Å². The van der Waals surface area contributed by atoms with Gasteiger partial charge in [-0.3, -0.25) is 9.36 Å². The van der Waals surface area contributed by atoms with Crippen LogP contribution in [0.3, 0.4) is 0 Å². The van der Waals surface area contributed by atoms with Crippen LogP contribution in [-0.4, -0.2) is 41.6 Å². The van der Waals surface area contributed by atoms with Crippen molar-refractivity contribution in [2.45, 2.75) is 13.3 Å². The number of carbonyl (C=O) groups excluding carboxylic acids is 1. The van der Waals surface area contributed by atoms with Crippen LogP contribution >= 0.6 is 0 Å². The molecule has 0 atom stereocenters. The number of aromatic nitrogens is 1. The van der Waals surface area contributed by atoms with Gasteiger partial charge < -0.3 is 14.2 Å². The molecule has 0 saturated carbocycles. The Bertz CT molecular complexity index is 1150. The third-order valence-corrected chi connectivity index (χ3v) is 5.38. The molecule has 1 amide bonds. The second kappa shape index (κ2) is 8.18. The lowest BCUT2D eigenvalue weighted by Crippen LogP contribution is -2.35. The average molecular weight is 399 g/mol. The van der Waals surface area contributed by atoms with Crippen LogP contribution in [-0.2, 0) is 0 Å². The van der Waals surface area contributed by atoms with E-state index in [-0.39, 0.29) is 11.5 Å². The van der Waals surface area contributed by atoms with Crippen molar-refractivity contribution in [1.82, 2.24) is 9.47 Å². The van der Waals surface area contributed by atoms with Crippen LogP contribution in [0.2, 0.25) is 0 Å². The number of hydrogen-bond donors (Lipinski definition) is 0. The Morgan fingerprint density at radius 2 is 1.77 bits per heavy atom. The third kappa shape index (κ3) is 3.42. The van der Waals surface area contributed by atoms with Crippen molar-refractivity contribution in [2.24, 2.45) is 0 Å². The van der Waals surface area contributed by atoms with E-state index in [9.17, 15) is 15.3 Å². The van der Waals surface area contributed by atoms with Crippen molar-refractivity contribution in [1.29, 1.82) is 10.5 Å². The molecule has 4 rings (SSSR count). The number of aryl methyl sites for hydroxylation is 1. The number of furan rings is 1. The highest BCUT2D eigenvalue weighted by Crippen LogP contribution is 2.28. The minimum atomic E-state index is -0.193. The zero-order chi connectivity index (χ0) is 21.1. The van der Waals surface area contributed by atoms with E-state index in [1.165, 1.54) is 0 Å². The molecular formula is C23H21N5O2. The third-order valence-electron chi connectivity index (χ3n) is 5.38. The highest BCUT2D eigenvalue weighted by molar-refractivity contribution is 5.98. The lowest BCUT2D eigenvalue weighted by molar-refractivity contribution is 0.0765. The molecular weight excluding hydrogens is 378 g/mol. The number of nitriles is 2. The van der Waals surface area contributed by atoms with Crippen molar-refractivity contribution >= 4 is 11.6 Å². The fourth-order valence-corrected chi connectivity index (χ4v) is 3.91. The van der Waals surface area contributed by atoms with Crippen LogP contribution in [0.4, 0.5) is 5.69 Å². The van der Waals surface area contributed by atoms with Gasteiger partial charge in [0.15, 0.2) is 0 Å². The van der Waals surface area contributed by atoms with Crippen molar-refractivity contribution in [3.05, 3.63) is 71.2 Å². The highest BCUT2D eigenvalue weighted by Gasteiger charge is 2.29. The number of anilines is 1. The summed E-state index contributed by atoms with van der Waals surface area (Å²) < 4.78 is 7.49. The second-order valence-electron chi connectivity index (χ2n) is 7.18. The Morgan fingerprint density at radius 3 is 2.50 bits per heavy atom. The van der Waals surface area contributed by atoms with E-state index in [4.69, 9.17) is 4.42 Å². The highest BCUT2D eigenvalue weighted by atomic mass is 16.4. The number of para-hydroxylation sites is 1. The monoisotopic (exact) mass is 399 g/mol. The molecule has 30 heavy (non-hydrogen) atoms. The largest absolute Gasteiger partial charge is 0.443 e. The molecule has 0 N–H and O–H groups in total. The van der Waals surface area contributed by atoms with Gasteiger partial charge in [0, 0.05) is 38.6 Å². The van der Waals surface area contributed by atoms with E-state index >= 15 is 0 Å². The summed E-state index contributed by atoms with van der Waals surface area (Å²) in [6, 6.07) is 15.6. The second-order valence-corrected chi connectivity index (χ2v) is 7.18. The Kier molecular flexibility index (Phi) is 5.28. The average Bonchev–Trinajstić information content (AvgIpc) is 3.34. The SMILES string of the molecule is Cc1oc(-n2cccc2)c(C#N)c1C(=O)N1CCCN(c2ccccc2C#N)CC1. The van der Waals surface area contributed by atoms with Crippen LogP contribution < -0.4 is 4.90 Å². The van der Waals surface area contributed by atoms with Crippen LogP contribution in [0.15, 0.2) is 53.2 Å². The van der Waals surface area contributed by atoms with Crippen LogP contribution in [0.5, 0.6) is 0 Å². The molecule has 0 spiro atoms. The lowest BCUT2D eigenvalue weighted by atomic mass is 10.1. The molecule has 7 nitrogen and oxygen atoms in total. The van der Waals surface area contributed by atoms with Gasteiger partial charge in [-0.25, -0.2) is 0 Å². The van der Waals surface area contributed by atoms with Gasteiger partial charge in [-0.1, -0.05) is 12.1 Å². The lowest BCUT2D eigenvalue weighted by Gasteiger charge is -2.24. The van der Waals surface area contributed by atoms with E-state index in [0.717, 1.165) is 18.7 Å². The molecule has 3 aromatic rings. The summed E-state index contributed by atoms with van der Waals surface area (Å²) in [5.41, 5.74) is 2.10. The van der Waals surface area contributed by atoms with E-state index in [1.54, 1.807) is 34.9 Å². The molecule has 7 heteroatoms. The summed E-state index contributed by atoms with van der Waals surface area (Å²) in [7, 11) is 0. The fraction of sp³-hybridized carbons (Fsp3) is 0.261. The minimum absolute atomic E-state index is 0.193. The van der Waals surface area contributed by atoms with Gasteiger partial charge in [0.25, 0.3) is 5.91 Å². The summed E-state index contributed by atoms with van der Waals surface area (Å²) in [5, 5.41) is 19.1. The van der Waals surface area contributed by atoms with Gasteiger partial charge in [-0.2, -0.15) is 10.5 Å². The number of rotatable bonds is 3. The molecule has 3 heterocycles. The normalized spacial score (nSPS) is 14.1. The van der Waals surface area contributed by atoms with Gasteiger partial charge in [0.2, 0.25) is 5.88 Å². The molecule has 1 saturated heterocycles. The number of carbonyl (C=O) groups is 1. The summed E-state index contributed by atoms with van der Waals surface area (Å²) in [6.07, 6.45) is 4.34. The first-order valence-electron chi connectivity index (χ1n) is 9.84. The minimum Gasteiger partial charge on any atom is -0.443 e. The van der Waals surface area contributed by atoms with Crippen molar-refractivity contribution < 1.29 is 9.21 Å². The van der Waals surface area contributed by atoms with E-state index in [2.05, 4.69) is 17.0 Å². The zero-order valence-corrected chi connectivity index (χ0v) is 16.7. The van der Waals surface area contributed by atoms with Gasteiger partial charge >= 0.3 is 0 Å². The molecule has 1 aliphatic rings. The summed E-state index contributed by atoms with van der Waals surface area (Å²) >= 11 is 0. The number of nitrogens with zero attached hydrogens (tertiary/aromatic N) is 5. The van der Waals surface area contributed by atoms with Crippen molar-refractivity contribution in [3.8, 4) is 18.0 Å². The zero-order valence-electron chi connectivity index (χ0n) is 16.7. The van der Waals surface area contributed by atoms with Gasteiger partial charge in [0.1, 0.15) is 29.0 Å². The summed E-state index contributed by atoms with van der Waals surface area (Å²) in [4.78, 5) is 17.3. The molecule has 0 unspecified atom stereocenters. The predicted octanol–water partition coefficient (Wildman–Crippen LogP) is 3.47. The van der Waals surface area contributed by atoms with E-state index in [1.807, 2.05) is 30.3 Å². The summed E-state index contributed by atoms with van der Waals surface area (Å²) in [5.74, 6) is 0.612. The molecule has 1 fully saturated rings. The molecule has 0 bridgehead atoms. The van der Waals surface area contributed by atoms with Crippen LogP contribution in [0.25, 0.3) is 5.88 Å². The molecule has 0 aliphatic carbocycles. The first-order valence-corrected chi connectivity index (χ1v) is 9.84. The topological polar surface area (TPSA) is 89.2 Å². The maximum Gasteiger partial charge on any atom is 0.258 e.